The fourth-order valence-corrected chi connectivity index (χ4v) is 6.98. The lowest BCUT2D eigenvalue weighted by atomic mass is 9.62. The Hall–Kier alpha value is -1.29. The van der Waals surface area contributed by atoms with E-state index >= 15 is 0 Å². The predicted octanol–water partition coefficient (Wildman–Crippen LogP) is 10.3. The van der Waals surface area contributed by atoms with Crippen LogP contribution in [0.25, 0.3) is 0 Å². The zero-order chi connectivity index (χ0) is 24.1. The highest BCUT2D eigenvalue weighted by Gasteiger charge is 2.39. The van der Waals surface area contributed by atoms with Crippen LogP contribution in [0.5, 0.6) is 0 Å². The molecular weight excluding hydrogens is 410 g/mol. The van der Waals surface area contributed by atoms with Gasteiger partial charge in [-0.1, -0.05) is 115 Å². The molecule has 2 fully saturated rings. The third kappa shape index (κ3) is 8.14. The van der Waals surface area contributed by atoms with Crippen molar-refractivity contribution >= 4 is 0 Å². The Kier molecular flexibility index (Phi) is 12.0. The SMILES string of the molecule is CCCCCCCc1ccc([C@]2(C#N)CC[C@@H](C3CCC(CCCCCCC)CC3)CC2)cc1. The Morgan fingerprint density at radius 2 is 1.26 bits per heavy atom. The van der Waals surface area contributed by atoms with E-state index in [-0.39, 0.29) is 5.41 Å². The predicted molar refractivity (Wildman–Crippen MR) is 147 cm³/mol. The van der Waals surface area contributed by atoms with E-state index in [0.717, 1.165) is 30.6 Å². The minimum Gasteiger partial charge on any atom is -0.197 e. The summed E-state index contributed by atoms with van der Waals surface area (Å²) in [6.45, 7) is 4.58. The van der Waals surface area contributed by atoms with Crippen molar-refractivity contribution in [2.24, 2.45) is 17.8 Å². The lowest BCUT2D eigenvalue weighted by molar-refractivity contribution is 0.143. The van der Waals surface area contributed by atoms with Gasteiger partial charge in [-0.2, -0.15) is 5.26 Å². The summed E-state index contributed by atoms with van der Waals surface area (Å²) in [6, 6.07) is 12.0. The molecule has 0 bridgehead atoms. The molecule has 0 saturated heterocycles. The highest BCUT2D eigenvalue weighted by molar-refractivity contribution is 5.35. The van der Waals surface area contributed by atoms with Crippen molar-refractivity contribution in [2.45, 2.75) is 148 Å². The van der Waals surface area contributed by atoms with Gasteiger partial charge in [-0.05, 0) is 80.2 Å². The van der Waals surface area contributed by atoms with Gasteiger partial charge in [-0.25, -0.2) is 0 Å². The first kappa shape index (κ1) is 27.3. The van der Waals surface area contributed by atoms with E-state index in [9.17, 15) is 5.26 Å². The lowest BCUT2D eigenvalue weighted by Gasteiger charge is -2.41. The fourth-order valence-electron chi connectivity index (χ4n) is 6.98. The highest BCUT2D eigenvalue weighted by atomic mass is 14.5. The Morgan fingerprint density at radius 3 is 1.85 bits per heavy atom. The zero-order valence-electron chi connectivity index (χ0n) is 22.6. The van der Waals surface area contributed by atoms with Crippen LogP contribution in [0.15, 0.2) is 24.3 Å². The maximum absolute atomic E-state index is 10.2. The van der Waals surface area contributed by atoms with Crippen LogP contribution in [0.2, 0.25) is 0 Å². The average Bonchev–Trinajstić information content (AvgIpc) is 2.89. The average molecular weight is 464 g/mol. The first-order valence-corrected chi connectivity index (χ1v) is 15.2. The molecular formula is C33H53N. The van der Waals surface area contributed by atoms with Crippen molar-refractivity contribution in [1.82, 2.24) is 0 Å². The first-order chi connectivity index (χ1) is 16.7. The number of hydrogen-bond acceptors (Lipinski definition) is 1. The zero-order valence-corrected chi connectivity index (χ0v) is 22.6. The molecule has 1 nitrogen and oxygen atoms in total. The molecule has 0 amide bonds. The number of rotatable bonds is 14. The molecule has 0 unspecified atom stereocenters. The summed E-state index contributed by atoms with van der Waals surface area (Å²) < 4.78 is 0. The van der Waals surface area contributed by atoms with Crippen LogP contribution < -0.4 is 0 Å². The molecule has 1 heteroatoms. The van der Waals surface area contributed by atoms with Gasteiger partial charge in [-0.3, -0.25) is 0 Å². The van der Waals surface area contributed by atoms with Crippen molar-refractivity contribution < 1.29 is 0 Å². The molecule has 2 aliphatic carbocycles. The maximum atomic E-state index is 10.2. The van der Waals surface area contributed by atoms with Crippen molar-refractivity contribution in [3.8, 4) is 6.07 Å². The molecule has 0 heterocycles. The normalized spacial score (nSPS) is 27.4. The molecule has 0 radical (unpaired) electrons. The number of aryl methyl sites for hydroxylation is 1. The Morgan fingerprint density at radius 1 is 0.706 bits per heavy atom. The van der Waals surface area contributed by atoms with Gasteiger partial charge < -0.3 is 0 Å². The summed E-state index contributed by atoms with van der Waals surface area (Å²) in [7, 11) is 0. The molecule has 0 aliphatic heterocycles. The van der Waals surface area contributed by atoms with E-state index in [1.165, 1.54) is 127 Å². The molecule has 0 spiro atoms. The van der Waals surface area contributed by atoms with E-state index < -0.39 is 0 Å². The van der Waals surface area contributed by atoms with Crippen LogP contribution in [-0.4, -0.2) is 0 Å². The van der Waals surface area contributed by atoms with E-state index in [4.69, 9.17) is 0 Å². The van der Waals surface area contributed by atoms with Crippen LogP contribution in [0.4, 0.5) is 0 Å². The Bertz CT molecular complexity index is 695. The second-order valence-electron chi connectivity index (χ2n) is 11.9. The number of nitrogens with zero attached hydrogens (tertiary/aromatic N) is 1. The van der Waals surface area contributed by atoms with Gasteiger partial charge in [0.1, 0.15) is 0 Å². The summed E-state index contributed by atoms with van der Waals surface area (Å²) in [6.07, 6.45) is 27.0. The summed E-state index contributed by atoms with van der Waals surface area (Å²) in [4.78, 5) is 0. The van der Waals surface area contributed by atoms with Crippen molar-refractivity contribution in [2.75, 3.05) is 0 Å². The second kappa shape index (κ2) is 15.0. The molecule has 0 atom stereocenters. The number of benzene rings is 1. The number of unbranched alkanes of at least 4 members (excludes halogenated alkanes) is 8. The fraction of sp³-hybridized carbons (Fsp3) is 0.788. The van der Waals surface area contributed by atoms with Crippen LogP contribution in [0, 0.1) is 29.1 Å². The van der Waals surface area contributed by atoms with E-state index in [2.05, 4.69) is 44.2 Å². The van der Waals surface area contributed by atoms with Gasteiger partial charge in [0.05, 0.1) is 11.5 Å². The van der Waals surface area contributed by atoms with Crippen LogP contribution in [0.1, 0.15) is 147 Å². The van der Waals surface area contributed by atoms with Gasteiger partial charge in [0.2, 0.25) is 0 Å². The van der Waals surface area contributed by atoms with Gasteiger partial charge in [-0.15, -0.1) is 0 Å². The molecule has 190 valence electrons. The highest BCUT2D eigenvalue weighted by Crippen LogP contribution is 2.47. The molecule has 2 saturated carbocycles. The van der Waals surface area contributed by atoms with Gasteiger partial charge in [0.15, 0.2) is 0 Å². The minimum absolute atomic E-state index is 0.230. The third-order valence-electron chi connectivity index (χ3n) is 9.45. The van der Waals surface area contributed by atoms with Crippen LogP contribution in [-0.2, 0) is 11.8 Å². The van der Waals surface area contributed by atoms with E-state index in [1.807, 2.05) is 0 Å². The topological polar surface area (TPSA) is 23.8 Å². The second-order valence-corrected chi connectivity index (χ2v) is 11.9. The largest absolute Gasteiger partial charge is 0.197 e. The number of hydrogen-bond donors (Lipinski definition) is 0. The summed E-state index contributed by atoms with van der Waals surface area (Å²) in [5.74, 6) is 2.81. The molecule has 1 aromatic rings. The molecule has 1 aromatic carbocycles. The first-order valence-electron chi connectivity index (χ1n) is 15.2. The smallest absolute Gasteiger partial charge is 0.0822 e. The third-order valence-corrected chi connectivity index (χ3v) is 9.45. The Labute approximate surface area is 212 Å². The molecule has 34 heavy (non-hydrogen) atoms. The van der Waals surface area contributed by atoms with Crippen molar-refractivity contribution in [1.29, 1.82) is 5.26 Å². The van der Waals surface area contributed by atoms with Crippen LogP contribution in [0.3, 0.4) is 0 Å². The lowest BCUT2D eigenvalue weighted by Crippen LogP contribution is -2.33. The number of nitriles is 1. The summed E-state index contributed by atoms with van der Waals surface area (Å²) in [5, 5.41) is 10.2. The molecule has 0 aromatic heterocycles. The summed E-state index contributed by atoms with van der Waals surface area (Å²) >= 11 is 0. The minimum atomic E-state index is -0.230. The van der Waals surface area contributed by atoms with Gasteiger partial charge >= 0.3 is 0 Å². The molecule has 3 rings (SSSR count). The van der Waals surface area contributed by atoms with Crippen molar-refractivity contribution in [3.05, 3.63) is 35.4 Å². The monoisotopic (exact) mass is 463 g/mol. The van der Waals surface area contributed by atoms with E-state index in [0.29, 0.717) is 0 Å². The molecule has 2 aliphatic rings. The Balaban J connectivity index is 1.40. The van der Waals surface area contributed by atoms with Crippen LogP contribution >= 0.6 is 0 Å². The quantitative estimate of drug-likeness (QED) is 0.252. The maximum Gasteiger partial charge on any atom is 0.0822 e. The van der Waals surface area contributed by atoms with Gasteiger partial charge in [0.25, 0.3) is 0 Å². The van der Waals surface area contributed by atoms with Crippen molar-refractivity contribution in [3.63, 3.8) is 0 Å². The standard InChI is InChI=1S/C33H53N/c1-3-5-7-9-11-13-28-15-19-30(20-16-28)31-23-25-33(27-34,26-24-31)32-21-17-29(18-22-32)14-12-10-8-6-4-2/h17-18,21-22,28,30-31H,3-16,19-20,23-26H2,1-2H3/t28?,30?,31-,33-. The van der Waals surface area contributed by atoms with Gasteiger partial charge in [0, 0.05) is 0 Å². The summed E-state index contributed by atoms with van der Waals surface area (Å²) in [5.41, 5.74) is 2.50. The molecule has 0 N–H and O–H groups in total. The van der Waals surface area contributed by atoms with E-state index in [1.54, 1.807) is 0 Å².